The van der Waals surface area contributed by atoms with E-state index in [-0.39, 0.29) is 17.5 Å². The third kappa shape index (κ3) is 5.19. The lowest BCUT2D eigenvalue weighted by molar-refractivity contribution is -0.137. The Morgan fingerprint density at radius 1 is 1.22 bits per heavy atom. The number of nitrogens with one attached hydrogen (secondary N) is 1. The summed E-state index contributed by atoms with van der Waals surface area (Å²) >= 11 is 0. The first-order valence-corrected chi connectivity index (χ1v) is 9.23. The number of rotatable bonds is 5. The van der Waals surface area contributed by atoms with Gasteiger partial charge in [0, 0.05) is 6.04 Å². The summed E-state index contributed by atoms with van der Waals surface area (Å²) in [6, 6.07) is 4.17. The van der Waals surface area contributed by atoms with Crippen LogP contribution >= 0.6 is 0 Å². The molecule has 0 bridgehead atoms. The highest BCUT2D eigenvalue weighted by atomic mass is 32.2. The minimum Gasteiger partial charge on any atom is -0.330 e. The summed E-state index contributed by atoms with van der Waals surface area (Å²) in [6.07, 6.45) is -0.959. The van der Waals surface area contributed by atoms with Crippen LogP contribution in [0.2, 0.25) is 0 Å². The second kappa shape index (κ2) is 7.19. The molecule has 4 nitrogen and oxygen atoms in total. The fourth-order valence-electron chi connectivity index (χ4n) is 2.97. The standard InChI is InChI=1S/C15H21F3N2O2S/c16-15(17,18)13-6-3-4-11(8-13)10-23(21,22)20-14-7-2-1-5-12(14)9-19/h3-4,6,8,12,14,20H,1-2,5,7,9-10,19H2. The van der Waals surface area contributed by atoms with Crippen molar-refractivity contribution in [2.75, 3.05) is 6.54 Å². The molecule has 3 N–H and O–H groups in total. The molecule has 0 radical (unpaired) electrons. The number of sulfonamides is 1. The van der Waals surface area contributed by atoms with Crippen LogP contribution in [0.5, 0.6) is 0 Å². The van der Waals surface area contributed by atoms with Crippen LogP contribution in [0.4, 0.5) is 13.2 Å². The smallest absolute Gasteiger partial charge is 0.330 e. The number of hydrogen-bond acceptors (Lipinski definition) is 3. The second-order valence-electron chi connectivity index (χ2n) is 5.96. The van der Waals surface area contributed by atoms with Gasteiger partial charge in [0.2, 0.25) is 10.0 Å². The molecule has 130 valence electrons. The number of benzene rings is 1. The quantitative estimate of drug-likeness (QED) is 0.857. The van der Waals surface area contributed by atoms with Gasteiger partial charge in [-0.25, -0.2) is 13.1 Å². The molecule has 1 aromatic rings. The average Bonchev–Trinajstić information content (AvgIpc) is 2.46. The summed E-state index contributed by atoms with van der Waals surface area (Å²) in [5, 5.41) is 0. The van der Waals surface area contributed by atoms with Gasteiger partial charge in [-0.3, -0.25) is 0 Å². The molecule has 0 spiro atoms. The molecule has 1 aliphatic rings. The Hall–Kier alpha value is -1.12. The van der Waals surface area contributed by atoms with E-state index in [0.29, 0.717) is 13.0 Å². The van der Waals surface area contributed by atoms with Crippen LogP contribution in [0.3, 0.4) is 0 Å². The molecular formula is C15H21F3N2O2S. The highest BCUT2D eigenvalue weighted by Crippen LogP contribution is 2.30. The van der Waals surface area contributed by atoms with Crippen molar-refractivity contribution in [2.45, 2.75) is 43.7 Å². The Labute approximate surface area is 134 Å². The van der Waals surface area contributed by atoms with Crippen LogP contribution in [0.25, 0.3) is 0 Å². The summed E-state index contributed by atoms with van der Waals surface area (Å²) in [7, 11) is -3.71. The van der Waals surface area contributed by atoms with Gasteiger partial charge >= 0.3 is 6.18 Å². The first-order chi connectivity index (χ1) is 10.7. The van der Waals surface area contributed by atoms with E-state index in [1.165, 1.54) is 12.1 Å². The molecule has 0 aliphatic heterocycles. The third-order valence-corrected chi connectivity index (χ3v) is 5.53. The van der Waals surface area contributed by atoms with Gasteiger partial charge in [0.1, 0.15) is 0 Å². The summed E-state index contributed by atoms with van der Waals surface area (Å²) in [5.41, 5.74) is 4.95. The SMILES string of the molecule is NCC1CCCCC1NS(=O)(=O)Cc1cccc(C(F)(F)F)c1. The molecule has 0 heterocycles. The summed E-state index contributed by atoms with van der Waals surface area (Å²) in [6.45, 7) is 0.400. The van der Waals surface area contributed by atoms with Crippen molar-refractivity contribution in [3.05, 3.63) is 35.4 Å². The molecule has 23 heavy (non-hydrogen) atoms. The van der Waals surface area contributed by atoms with E-state index in [1.807, 2.05) is 0 Å². The zero-order valence-electron chi connectivity index (χ0n) is 12.6. The van der Waals surface area contributed by atoms with Gasteiger partial charge in [-0.1, -0.05) is 31.0 Å². The Balaban J connectivity index is 2.09. The largest absolute Gasteiger partial charge is 0.416 e. The van der Waals surface area contributed by atoms with Gasteiger partial charge in [0.15, 0.2) is 0 Å². The number of halogens is 3. The van der Waals surface area contributed by atoms with Crippen LogP contribution in [0, 0.1) is 5.92 Å². The fraction of sp³-hybridized carbons (Fsp3) is 0.600. The molecule has 1 fully saturated rings. The Morgan fingerprint density at radius 3 is 2.57 bits per heavy atom. The molecule has 2 atom stereocenters. The molecule has 0 saturated heterocycles. The van der Waals surface area contributed by atoms with Gasteiger partial charge in [0.25, 0.3) is 0 Å². The second-order valence-corrected chi connectivity index (χ2v) is 7.72. The van der Waals surface area contributed by atoms with Gasteiger partial charge in [-0.15, -0.1) is 0 Å². The summed E-state index contributed by atoms with van der Waals surface area (Å²) in [5.74, 6) is -0.384. The van der Waals surface area contributed by atoms with Crippen molar-refractivity contribution in [1.29, 1.82) is 0 Å². The van der Waals surface area contributed by atoms with Crippen LogP contribution in [0.15, 0.2) is 24.3 Å². The predicted molar refractivity (Wildman–Crippen MR) is 82.0 cm³/mol. The van der Waals surface area contributed by atoms with Gasteiger partial charge in [-0.2, -0.15) is 13.2 Å². The first kappa shape index (κ1) is 18.2. The zero-order valence-corrected chi connectivity index (χ0v) is 13.5. The van der Waals surface area contributed by atoms with E-state index in [1.54, 1.807) is 0 Å². The van der Waals surface area contributed by atoms with Crippen LogP contribution in [-0.2, 0) is 22.0 Å². The molecule has 1 aromatic carbocycles. The third-order valence-electron chi connectivity index (χ3n) is 4.15. The van der Waals surface area contributed by atoms with Gasteiger partial charge in [-0.05, 0) is 36.9 Å². The van der Waals surface area contributed by atoms with E-state index < -0.39 is 27.5 Å². The maximum atomic E-state index is 12.7. The average molecular weight is 350 g/mol. The lowest BCUT2D eigenvalue weighted by Crippen LogP contribution is -2.45. The summed E-state index contributed by atoms with van der Waals surface area (Å²) < 4.78 is 65.2. The van der Waals surface area contributed by atoms with Crippen molar-refractivity contribution < 1.29 is 21.6 Å². The monoisotopic (exact) mass is 350 g/mol. The molecule has 1 saturated carbocycles. The number of alkyl halides is 3. The van der Waals surface area contributed by atoms with E-state index in [0.717, 1.165) is 31.4 Å². The maximum absolute atomic E-state index is 12.7. The normalized spacial score (nSPS) is 23.0. The molecule has 0 amide bonds. The topological polar surface area (TPSA) is 72.2 Å². The van der Waals surface area contributed by atoms with Crippen LogP contribution < -0.4 is 10.5 Å². The highest BCUT2D eigenvalue weighted by Gasteiger charge is 2.31. The fourth-order valence-corrected chi connectivity index (χ4v) is 4.45. The first-order valence-electron chi connectivity index (χ1n) is 7.57. The minimum atomic E-state index is -4.48. The van der Waals surface area contributed by atoms with Crippen molar-refractivity contribution in [1.82, 2.24) is 4.72 Å². The Kier molecular flexibility index (Phi) is 5.70. The Bertz CT molecular complexity index is 632. The molecule has 8 heteroatoms. The van der Waals surface area contributed by atoms with E-state index >= 15 is 0 Å². The van der Waals surface area contributed by atoms with E-state index in [2.05, 4.69) is 4.72 Å². The highest BCUT2D eigenvalue weighted by molar-refractivity contribution is 7.88. The van der Waals surface area contributed by atoms with Gasteiger partial charge < -0.3 is 5.73 Å². The van der Waals surface area contributed by atoms with Crippen molar-refractivity contribution in [3.63, 3.8) is 0 Å². The minimum absolute atomic E-state index is 0.0834. The Morgan fingerprint density at radius 2 is 1.91 bits per heavy atom. The molecule has 2 rings (SSSR count). The molecule has 1 aliphatic carbocycles. The van der Waals surface area contributed by atoms with E-state index in [9.17, 15) is 21.6 Å². The number of nitrogens with two attached hydrogens (primary N) is 1. The zero-order chi connectivity index (χ0) is 17.1. The lowest BCUT2D eigenvalue weighted by Gasteiger charge is -2.31. The summed E-state index contributed by atoms with van der Waals surface area (Å²) in [4.78, 5) is 0. The molecule has 0 aromatic heterocycles. The predicted octanol–water partition coefficient (Wildman–Crippen LogP) is 2.64. The maximum Gasteiger partial charge on any atom is 0.416 e. The van der Waals surface area contributed by atoms with Crippen LogP contribution in [-0.4, -0.2) is 21.0 Å². The van der Waals surface area contributed by atoms with Crippen molar-refractivity contribution in [2.24, 2.45) is 11.7 Å². The molecular weight excluding hydrogens is 329 g/mol. The van der Waals surface area contributed by atoms with E-state index in [4.69, 9.17) is 5.73 Å². The number of hydrogen-bond donors (Lipinski definition) is 2. The lowest BCUT2D eigenvalue weighted by atomic mass is 9.85. The van der Waals surface area contributed by atoms with Crippen LogP contribution in [0.1, 0.15) is 36.8 Å². The van der Waals surface area contributed by atoms with Crippen molar-refractivity contribution in [3.8, 4) is 0 Å². The van der Waals surface area contributed by atoms with Gasteiger partial charge in [0.05, 0.1) is 11.3 Å². The molecule has 2 unspecified atom stereocenters. The van der Waals surface area contributed by atoms with Crippen molar-refractivity contribution >= 4 is 10.0 Å².